The molecule has 0 aliphatic carbocycles. The van der Waals surface area contributed by atoms with Gasteiger partial charge in [-0.3, -0.25) is 9.78 Å². The Balaban J connectivity index is 2.60. The van der Waals surface area contributed by atoms with Crippen LogP contribution in [0.3, 0.4) is 0 Å². The summed E-state index contributed by atoms with van der Waals surface area (Å²) in [6.45, 7) is 2.00. The van der Waals surface area contributed by atoms with Gasteiger partial charge in [0.25, 0.3) is 0 Å². The zero-order valence-corrected chi connectivity index (χ0v) is 8.31. The van der Waals surface area contributed by atoms with Crippen molar-refractivity contribution in [2.24, 2.45) is 5.92 Å². The van der Waals surface area contributed by atoms with Gasteiger partial charge in [0.2, 0.25) is 0 Å². The number of nitrogens with zero attached hydrogens (tertiary/aromatic N) is 1. The minimum absolute atomic E-state index is 0.262. The average Bonchev–Trinajstić information content (AvgIpc) is 2.18. The number of carbonyl (C=O) groups is 1. The van der Waals surface area contributed by atoms with Gasteiger partial charge in [-0.15, -0.1) is 0 Å². The van der Waals surface area contributed by atoms with E-state index in [0.29, 0.717) is 6.42 Å². The largest absolute Gasteiger partial charge is 0.481 e. The highest BCUT2D eigenvalue weighted by Gasteiger charge is 2.16. The second-order valence-corrected chi connectivity index (χ2v) is 3.38. The van der Waals surface area contributed by atoms with E-state index >= 15 is 0 Å². The summed E-state index contributed by atoms with van der Waals surface area (Å²) in [5, 5.41) is 8.95. The Morgan fingerprint density at radius 1 is 1.50 bits per heavy atom. The Morgan fingerprint density at radius 3 is 2.64 bits per heavy atom. The smallest absolute Gasteiger partial charge is 0.306 e. The van der Waals surface area contributed by atoms with Crippen LogP contribution in [0.15, 0.2) is 24.5 Å². The predicted molar refractivity (Wildman–Crippen MR) is 54.0 cm³/mol. The van der Waals surface area contributed by atoms with Crippen molar-refractivity contribution < 1.29 is 9.90 Å². The lowest BCUT2D eigenvalue weighted by molar-refractivity contribution is -0.141. The van der Waals surface area contributed by atoms with Crippen molar-refractivity contribution in [1.29, 1.82) is 0 Å². The minimum Gasteiger partial charge on any atom is -0.481 e. The van der Waals surface area contributed by atoms with Crippen LogP contribution in [0.25, 0.3) is 0 Å². The summed E-state index contributed by atoms with van der Waals surface area (Å²) in [6, 6.07) is 3.73. The highest BCUT2D eigenvalue weighted by atomic mass is 16.4. The van der Waals surface area contributed by atoms with Gasteiger partial charge in [-0.05, 0) is 30.5 Å². The monoisotopic (exact) mass is 193 g/mol. The van der Waals surface area contributed by atoms with Crippen LogP contribution in [-0.2, 0) is 11.2 Å². The van der Waals surface area contributed by atoms with E-state index in [2.05, 4.69) is 4.98 Å². The number of hydrogen-bond donors (Lipinski definition) is 1. The van der Waals surface area contributed by atoms with Gasteiger partial charge in [-0.2, -0.15) is 0 Å². The molecule has 1 aromatic heterocycles. The van der Waals surface area contributed by atoms with Gasteiger partial charge in [0.15, 0.2) is 0 Å². The third-order valence-electron chi connectivity index (χ3n) is 2.22. The molecule has 0 fully saturated rings. The number of carboxylic acids is 1. The number of aromatic nitrogens is 1. The van der Waals surface area contributed by atoms with E-state index in [4.69, 9.17) is 5.11 Å². The first-order chi connectivity index (χ1) is 6.74. The van der Waals surface area contributed by atoms with Crippen LogP contribution in [0.1, 0.15) is 25.3 Å². The molecular formula is C11H15NO2. The molecule has 0 saturated carbocycles. The lowest BCUT2D eigenvalue weighted by atomic mass is 9.96. The lowest BCUT2D eigenvalue weighted by Gasteiger charge is -2.10. The molecule has 0 saturated heterocycles. The SMILES string of the molecule is CCCC(Cc1ccncc1)C(=O)O. The zero-order chi connectivity index (χ0) is 10.4. The van der Waals surface area contributed by atoms with E-state index in [1.807, 2.05) is 19.1 Å². The highest BCUT2D eigenvalue weighted by Crippen LogP contribution is 2.13. The van der Waals surface area contributed by atoms with Crippen LogP contribution in [0.2, 0.25) is 0 Å². The summed E-state index contributed by atoms with van der Waals surface area (Å²) in [7, 11) is 0. The Morgan fingerprint density at radius 2 is 2.14 bits per heavy atom. The maximum atomic E-state index is 10.9. The second-order valence-electron chi connectivity index (χ2n) is 3.38. The van der Waals surface area contributed by atoms with E-state index in [-0.39, 0.29) is 5.92 Å². The first kappa shape index (κ1) is 10.7. The minimum atomic E-state index is -0.705. The molecule has 0 aliphatic heterocycles. The molecule has 1 rings (SSSR count). The molecule has 76 valence electrons. The molecule has 3 heteroatoms. The molecule has 1 aromatic rings. The van der Waals surface area contributed by atoms with Crippen LogP contribution in [0, 0.1) is 5.92 Å². The zero-order valence-electron chi connectivity index (χ0n) is 8.31. The lowest BCUT2D eigenvalue weighted by Crippen LogP contribution is -2.16. The molecule has 0 aromatic carbocycles. The fourth-order valence-electron chi connectivity index (χ4n) is 1.46. The fourth-order valence-corrected chi connectivity index (χ4v) is 1.46. The predicted octanol–water partition coefficient (Wildman–Crippen LogP) is 2.12. The Hall–Kier alpha value is -1.38. The standard InChI is InChI=1S/C11H15NO2/c1-2-3-10(11(13)14)8-9-4-6-12-7-5-9/h4-7,10H,2-3,8H2,1H3,(H,13,14). The Bertz CT molecular complexity index is 285. The van der Waals surface area contributed by atoms with Gasteiger partial charge in [0, 0.05) is 12.4 Å². The number of hydrogen-bond acceptors (Lipinski definition) is 2. The number of carboxylic acid groups (broad SMARTS) is 1. The molecule has 1 heterocycles. The van der Waals surface area contributed by atoms with E-state index in [0.717, 1.165) is 18.4 Å². The molecule has 0 spiro atoms. The molecule has 0 bridgehead atoms. The summed E-state index contributed by atoms with van der Waals surface area (Å²) < 4.78 is 0. The van der Waals surface area contributed by atoms with Gasteiger partial charge in [0.05, 0.1) is 5.92 Å². The van der Waals surface area contributed by atoms with Crippen LogP contribution in [0.4, 0.5) is 0 Å². The summed E-state index contributed by atoms with van der Waals surface area (Å²) in [4.78, 5) is 14.8. The molecule has 0 aliphatic rings. The van der Waals surface area contributed by atoms with Gasteiger partial charge in [0.1, 0.15) is 0 Å². The maximum absolute atomic E-state index is 10.9. The molecule has 14 heavy (non-hydrogen) atoms. The van der Waals surface area contributed by atoms with Crippen molar-refractivity contribution in [2.75, 3.05) is 0 Å². The van der Waals surface area contributed by atoms with Crippen molar-refractivity contribution in [2.45, 2.75) is 26.2 Å². The topological polar surface area (TPSA) is 50.2 Å². The number of aliphatic carboxylic acids is 1. The molecule has 0 radical (unpaired) electrons. The summed E-state index contributed by atoms with van der Waals surface area (Å²) >= 11 is 0. The van der Waals surface area contributed by atoms with E-state index < -0.39 is 5.97 Å². The highest BCUT2D eigenvalue weighted by molar-refractivity contribution is 5.70. The van der Waals surface area contributed by atoms with Crippen molar-refractivity contribution in [1.82, 2.24) is 4.98 Å². The second kappa shape index (κ2) is 5.37. The van der Waals surface area contributed by atoms with Crippen LogP contribution < -0.4 is 0 Å². The van der Waals surface area contributed by atoms with Gasteiger partial charge < -0.3 is 5.11 Å². The van der Waals surface area contributed by atoms with E-state index in [1.165, 1.54) is 0 Å². The van der Waals surface area contributed by atoms with Crippen molar-refractivity contribution in [3.8, 4) is 0 Å². The third-order valence-corrected chi connectivity index (χ3v) is 2.22. The first-order valence-corrected chi connectivity index (χ1v) is 4.85. The van der Waals surface area contributed by atoms with E-state index in [9.17, 15) is 4.79 Å². The molecule has 1 N–H and O–H groups in total. The first-order valence-electron chi connectivity index (χ1n) is 4.85. The van der Waals surface area contributed by atoms with Crippen LogP contribution in [0.5, 0.6) is 0 Å². The number of pyridine rings is 1. The van der Waals surface area contributed by atoms with Crippen LogP contribution in [-0.4, -0.2) is 16.1 Å². The fraction of sp³-hybridized carbons (Fsp3) is 0.455. The van der Waals surface area contributed by atoms with Gasteiger partial charge in [-0.1, -0.05) is 13.3 Å². The quantitative estimate of drug-likeness (QED) is 0.779. The summed E-state index contributed by atoms with van der Waals surface area (Å²) in [5.74, 6) is -0.967. The van der Waals surface area contributed by atoms with Crippen molar-refractivity contribution in [3.05, 3.63) is 30.1 Å². The summed E-state index contributed by atoms with van der Waals surface area (Å²) in [6.07, 6.45) is 5.63. The number of rotatable bonds is 5. The normalized spacial score (nSPS) is 12.4. The van der Waals surface area contributed by atoms with Crippen molar-refractivity contribution in [3.63, 3.8) is 0 Å². The average molecular weight is 193 g/mol. The summed E-state index contributed by atoms with van der Waals surface area (Å²) in [5.41, 5.74) is 1.04. The van der Waals surface area contributed by atoms with Gasteiger partial charge in [-0.25, -0.2) is 0 Å². The van der Waals surface area contributed by atoms with E-state index in [1.54, 1.807) is 12.4 Å². The third kappa shape index (κ3) is 3.17. The maximum Gasteiger partial charge on any atom is 0.306 e. The van der Waals surface area contributed by atoms with Crippen molar-refractivity contribution >= 4 is 5.97 Å². The molecule has 3 nitrogen and oxygen atoms in total. The Kier molecular flexibility index (Phi) is 4.11. The molecule has 1 atom stereocenters. The molecule has 1 unspecified atom stereocenters. The van der Waals surface area contributed by atoms with Crippen LogP contribution >= 0.6 is 0 Å². The Labute approximate surface area is 83.8 Å². The van der Waals surface area contributed by atoms with Gasteiger partial charge >= 0.3 is 5.97 Å². The molecular weight excluding hydrogens is 178 g/mol. The molecule has 0 amide bonds.